The molecule has 0 spiro atoms. The summed E-state index contributed by atoms with van der Waals surface area (Å²) in [4.78, 5) is 33.6. The first-order valence-electron chi connectivity index (χ1n) is 16.1. The molecular weight excluding hydrogens is 649 g/mol. The number of phenolic OH excluding ortho intramolecular Hbond substituents is 1. The highest BCUT2D eigenvalue weighted by atomic mass is 32.1. The van der Waals surface area contributed by atoms with E-state index in [1.165, 1.54) is 11.3 Å². The van der Waals surface area contributed by atoms with E-state index in [4.69, 9.17) is 19.2 Å². The second-order valence-electron chi connectivity index (χ2n) is 12.3. The van der Waals surface area contributed by atoms with Crippen molar-refractivity contribution in [1.29, 1.82) is 0 Å². The van der Waals surface area contributed by atoms with Crippen molar-refractivity contribution in [2.24, 2.45) is 4.99 Å². The van der Waals surface area contributed by atoms with Crippen LogP contribution in [0.15, 0.2) is 134 Å². The predicted octanol–water partition coefficient (Wildman–Crippen LogP) is 5.99. The van der Waals surface area contributed by atoms with Gasteiger partial charge in [-0.05, 0) is 90.2 Å². The molecule has 1 atom stereocenters. The molecule has 0 bridgehead atoms. The third kappa shape index (κ3) is 4.91. The van der Waals surface area contributed by atoms with Gasteiger partial charge >= 0.3 is 5.63 Å². The molecule has 0 radical (unpaired) electrons. The number of ether oxygens (including phenoxy) is 1. The summed E-state index contributed by atoms with van der Waals surface area (Å²) in [6.45, 7) is 0. The molecule has 1 N–H and O–H groups in total. The Morgan fingerprint density at radius 1 is 0.920 bits per heavy atom. The second-order valence-corrected chi connectivity index (χ2v) is 13.3. The molecule has 50 heavy (non-hydrogen) atoms. The van der Waals surface area contributed by atoms with Gasteiger partial charge < -0.3 is 14.3 Å². The van der Waals surface area contributed by atoms with Crippen LogP contribution in [0, 0.1) is 0 Å². The SMILES string of the molecule is COc1ccc2c(c1)CCC1=C2N=c2sc(=Cc3cn(-c4ccccc4)nc3-c3cc4ccccc4oc3=O)c(=O)n2C1c1ccc(O)cc1. The number of rotatable bonds is 5. The number of allylic oxidation sites excluding steroid dienone is 1. The van der Waals surface area contributed by atoms with Gasteiger partial charge in [0.15, 0.2) is 4.80 Å². The van der Waals surface area contributed by atoms with Crippen LogP contribution in [0.25, 0.3) is 39.7 Å². The molecule has 2 aliphatic rings. The molecule has 4 heterocycles. The fraction of sp³-hybridized carbons (Fsp3) is 0.100. The van der Waals surface area contributed by atoms with Gasteiger partial charge in [-0.15, -0.1) is 0 Å². The van der Waals surface area contributed by atoms with E-state index in [-0.39, 0.29) is 11.3 Å². The van der Waals surface area contributed by atoms with Crippen molar-refractivity contribution in [2.75, 3.05) is 7.11 Å². The Hall–Kier alpha value is -6.26. The predicted molar refractivity (Wildman–Crippen MR) is 192 cm³/mol. The minimum atomic E-state index is -0.520. The number of aromatic nitrogens is 3. The van der Waals surface area contributed by atoms with Crippen molar-refractivity contribution in [3.63, 3.8) is 0 Å². The van der Waals surface area contributed by atoms with Crippen LogP contribution in [-0.4, -0.2) is 26.6 Å². The van der Waals surface area contributed by atoms with E-state index in [9.17, 15) is 14.7 Å². The zero-order chi connectivity index (χ0) is 33.9. The van der Waals surface area contributed by atoms with Crippen molar-refractivity contribution in [3.05, 3.63) is 167 Å². The molecule has 3 aromatic heterocycles. The van der Waals surface area contributed by atoms with Crippen LogP contribution in [0.2, 0.25) is 0 Å². The quantitative estimate of drug-likeness (QED) is 0.224. The number of fused-ring (bicyclic) bond motifs is 4. The van der Waals surface area contributed by atoms with E-state index < -0.39 is 11.7 Å². The standard InChI is InChI=1S/C40H28N4O5S/c1-48-29-16-18-30-24(19-29)13-17-31-36(30)41-40-44(37(31)23-11-14-28(45)15-12-23)38(46)34(50-40)21-26-22-43(27-8-3-2-4-9-27)42-35(26)32-20-25-7-5-6-10-33(25)49-39(32)47/h2-12,14-16,18-22,37,45H,13,17H2,1H3. The summed E-state index contributed by atoms with van der Waals surface area (Å²) < 4.78 is 15.1. The van der Waals surface area contributed by atoms with Crippen LogP contribution in [-0.2, 0) is 6.42 Å². The summed E-state index contributed by atoms with van der Waals surface area (Å²) in [7, 11) is 1.66. The maximum atomic E-state index is 14.5. The lowest BCUT2D eigenvalue weighted by molar-refractivity contribution is 0.414. The van der Waals surface area contributed by atoms with Gasteiger partial charge in [0.1, 0.15) is 22.8 Å². The summed E-state index contributed by atoms with van der Waals surface area (Å²) in [5, 5.41) is 15.7. The summed E-state index contributed by atoms with van der Waals surface area (Å²) in [6, 6.07) is 31.3. The van der Waals surface area contributed by atoms with Gasteiger partial charge in [0.2, 0.25) is 0 Å². The Morgan fingerprint density at radius 3 is 2.54 bits per heavy atom. The van der Waals surface area contributed by atoms with Gasteiger partial charge in [-0.3, -0.25) is 9.36 Å². The maximum absolute atomic E-state index is 14.5. The zero-order valence-corrected chi connectivity index (χ0v) is 27.6. The Labute approximate surface area is 288 Å². The second kappa shape index (κ2) is 11.7. The monoisotopic (exact) mass is 676 g/mol. The lowest BCUT2D eigenvalue weighted by Gasteiger charge is -2.31. The van der Waals surface area contributed by atoms with E-state index in [1.807, 2.05) is 79.0 Å². The number of phenols is 1. The van der Waals surface area contributed by atoms with Gasteiger partial charge in [-0.1, -0.05) is 59.9 Å². The number of benzene rings is 4. The molecule has 0 amide bonds. The average molecular weight is 677 g/mol. The Bertz CT molecular complexity index is 2760. The van der Waals surface area contributed by atoms with Crippen molar-refractivity contribution < 1.29 is 14.3 Å². The maximum Gasteiger partial charge on any atom is 0.345 e. The topological polar surface area (TPSA) is 112 Å². The van der Waals surface area contributed by atoms with Crippen molar-refractivity contribution in [1.82, 2.24) is 14.3 Å². The van der Waals surface area contributed by atoms with E-state index in [0.717, 1.165) is 51.2 Å². The number of aryl methyl sites for hydroxylation is 1. The first-order chi connectivity index (χ1) is 24.4. The van der Waals surface area contributed by atoms with Gasteiger partial charge in [-0.2, -0.15) is 5.10 Å². The Morgan fingerprint density at radius 2 is 1.72 bits per heavy atom. The molecule has 1 unspecified atom stereocenters. The fourth-order valence-corrected chi connectivity index (χ4v) is 7.92. The molecule has 9 rings (SSSR count). The Kier molecular flexibility index (Phi) is 6.99. The zero-order valence-electron chi connectivity index (χ0n) is 26.7. The first-order valence-corrected chi connectivity index (χ1v) is 17.0. The molecule has 1 aliphatic heterocycles. The molecule has 10 heteroatoms. The van der Waals surface area contributed by atoms with Crippen molar-refractivity contribution >= 4 is 34.1 Å². The molecule has 244 valence electrons. The minimum Gasteiger partial charge on any atom is -0.508 e. The molecule has 7 aromatic rings. The van der Waals surface area contributed by atoms with Crippen LogP contribution in [0.4, 0.5) is 0 Å². The van der Waals surface area contributed by atoms with Crippen LogP contribution in [0.1, 0.15) is 34.7 Å². The summed E-state index contributed by atoms with van der Waals surface area (Å²) in [5.74, 6) is 0.938. The van der Waals surface area contributed by atoms with E-state index >= 15 is 0 Å². The van der Waals surface area contributed by atoms with Crippen LogP contribution < -0.4 is 25.3 Å². The molecule has 1 aliphatic carbocycles. The third-order valence-electron chi connectivity index (χ3n) is 9.32. The number of aromatic hydroxyl groups is 1. The molecule has 0 saturated heterocycles. The largest absolute Gasteiger partial charge is 0.508 e. The highest BCUT2D eigenvalue weighted by Gasteiger charge is 2.33. The number of hydrogen-bond acceptors (Lipinski definition) is 8. The normalized spacial score (nSPS) is 15.4. The van der Waals surface area contributed by atoms with Crippen molar-refractivity contribution in [2.45, 2.75) is 18.9 Å². The van der Waals surface area contributed by atoms with E-state index in [1.54, 1.807) is 46.7 Å². The van der Waals surface area contributed by atoms with Crippen molar-refractivity contribution in [3.8, 4) is 28.4 Å². The molecule has 0 fully saturated rings. The lowest BCUT2D eigenvalue weighted by atomic mass is 9.83. The number of para-hydroxylation sites is 2. The van der Waals surface area contributed by atoms with Crippen LogP contribution in [0.5, 0.6) is 11.5 Å². The summed E-state index contributed by atoms with van der Waals surface area (Å²) >= 11 is 1.29. The van der Waals surface area contributed by atoms with E-state index in [0.29, 0.717) is 38.2 Å². The van der Waals surface area contributed by atoms with Crippen LogP contribution >= 0.6 is 11.3 Å². The summed E-state index contributed by atoms with van der Waals surface area (Å²) in [5.41, 5.74) is 6.77. The fourth-order valence-electron chi connectivity index (χ4n) is 6.93. The number of hydrogen-bond donors (Lipinski definition) is 1. The molecule has 4 aromatic carbocycles. The smallest absolute Gasteiger partial charge is 0.345 e. The lowest BCUT2D eigenvalue weighted by Crippen LogP contribution is -2.38. The molecule has 0 saturated carbocycles. The van der Waals surface area contributed by atoms with Gasteiger partial charge in [0.05, 0.1) is 34.6 Å². The third-order valence-corrected chi connectivity index (χ3v) is 10.3. The highest BCUT2D eigenvalue weighted by Crippen LogP contribution is 2.42. The first kappa shape index (κ1) is 29.8. The number of methoxy groups -OCH3 is 1. The van der Waals surface area contributed by atoms with E-state index in [2.05, 4.69) is 6.07 Å². The van der Waals surface area contributed by atoms with Gasteiger partial charge in [0.25, 0.3) is 5.56 Å². The highest BCUT2D eigenvalue weighted by molar-refractivity contribution is 7.07. The van der Waals surface area contributed by atoms with Gasteiger partial charge in [-0.25, -0.2) is 14.5 Å². The molecular formula is C40H28N4O5S. The number of nitrogens with zero attached hydrogens (tertiary/aromatic N) is 4. The van der Waals surface area contributed by atoms with Crippen LogP contribution in [0.3, 0.4) is 0 Å². The number of thiazole rings is 1. The van der Waals surface area contributed by atoms with Gasteiger partial charge in [0, 0.05) is 22.7 Å². The Balaban J connectivity index is 1.27. The average Bonchev–Trinajstić information content (AvgIpc) is 3.71. The summed E-state index contributed by atoms with van der Waals surface area (Å²) in [6.07, 6.45) is 5.09. The molecule has 9 nitrogen and oxygen atoms in total. The minimum absolute atomic E-state index is 0.151.